The lowest BCUT2D eigenvalue weighted by Crippen LogP contribution is -1.86. The van der Waals surface area contributed by atoms with Gasteiger partial charge < -0.3 is 0 Å². The van der Waals surface area contributed by atoms with Gasteiger partial charge in [0.25, 0.3) is 0 Å². The molecule has 2 heteroatoms. The van der Waals surface area contributed by atoms with Gasteiger partial charge in [-0.05, 0) is 13.3 Å². The van der Waals surface area contributed by atoms with Crippen LogP contribution in [0.3, 0.4) is 0 Å². The second kappa shape index (κ2) is 3.51. The van der Waals surface area contributed by atoms with Crippen LogP contribution in [0.4, 0.5) is 0 Å². The molecular weight excluding hydrogens is 122 g/mol. The quantitative estimate of drug-likeness (QED) is 0.561. The van der Waals surface area contributed by atoms with Crippen molar-refractivity contribution in [3.05, 3.63) is 11.6 Å². The van der Waals surface area contributed by atoms with Gasteiger partial charge in [-0.2, -0.15) is 5.26 Å². The number of halogens is 1. The number of hydrogen-bond donors (Lipinski definition) is 0. The van der Waals surface area contributed by atoms with Crippen molar-refractivity contribution < 1.29 is 0 Å². The summed E-state index contributed by atoms with van der Waals surface area (Å²) >= 11 is 5.41. The molecule has 0 heterocycles. The predicted octanol–water partition coefficient (Wildman–Crippen LogP) is 2.29. The van der Waals surface area contributed by atoms with Crippen LogP contribution in [0.2, 0.25) is 0 Å². The molecule has 0 saturated carbocycles. The second-order valence-corrected chi connectivity index (χ2v) is 2.29. The van der Waals surface area contributed by atoms with Crippen LogP contribution in [-0.4, -0.2) is 0 Å². The van der Waals surface area contributed by atoms with E-state index < -0.39 is 0 Å². The van der Waals surface area contributed by atoms with Crippen molar-refractivity contribution in [1.29, 1.82) is 5.26 Å². The molecule has 44 valence electrons. The molecule has 1 nitrogen and oxygen atoms in total. The van der Waals surface area contributed by atoms with Crippen LogP contribution in [0, 0.1) is 17.2 Å². The van der Waals surface area contributed by atoms with Crippen molar-refractivity contribution in [2.75, 3.05) is 0 Å². The maximum atomic E-state index is 8.23. The van der Waals surface area contributed by atoms with Gasteiger partial charge in [-0.3, -0.25) is 0 Å². The van der Waals surface area contributed by atoms with Crippen LogP contribution in [0.5, 0.6) is 0 Å². The van der Waals surface area contributed by atoms with Gasteiger partial charge in [0, 0.05) is 11.0 Å². The normalized spacial score (nSPS) is 12.1. The van der Waals surface area contributed by atoms with E-state index in [1.54, 1.807) is 0 Å². The summed E-state index contributed by atoms with van der Waals surface area (Å²) in [5.74, 6) is -0.000000000000000222. The smallest absolute Gasteiger partial charge is 0.0656 e. The Morgan fingerprint density at radius 2 is 2.50 bits per heavy atom. The van der Waals surface area contributed by atoms with Crippen LogP contribution in [-0.2, 0) is 0 Å². The Hall–Kier alpha value is -0.480. The zero-order valence-corrected chi connectivity index (χ0v) is 5.57. The molecule has 0 radical (unpaired) electrons. The zero-order valence-electron chi connectivity index (χ0n) is 4.82. The summed E-state index contributed by atoms with van der Waals surface area (Å²) in [5, 5.41) is 8.79. The monoisotopic (exact) mass is 129 g/mol. The third kappa shape index (κ3) is 3.70. The number of hydrogen-bond acceptors (Lipinski definition) is 1. The van der Waals surface area contributed by atoms with Crippen LogP contribution in [0.1, 0.15) is 13.3 Å². The minimum absolute atomic E-state index is 0.000000000000000222. The summed E-state index contributed by atoms with van der Waals surface area (Å²) < 4.78 is 0. The molecule has 0 bridgehead atoms. The fraction of sp³-hybridized carbons (Fsp3) is 0.500. The van der Waals surface area contributed by atoms with Crippen LogP contribution >= 0.6 is 11.6 Å². The van der Waals surface area contributed by atoms with Gasteiger partial charge in [-0.1, -0.05) is 18.2 Å². The highest BCUT2D eigenvalue weighted by molar-refractivity contribution is 6.29. The third-order valence-electron chi connectivity index (χ3n) is 0.748. The fourth-order valence-corrected chi connectivity index (χ4v) is 0.609. The first-order valence-electron chi connectivity index (χ1n) is 2.39. The lowest BCUT2D eigenvalue weighted by molar-refractivity contribution is 0.753. The molecule has 0 aromatic rings. The van der Waals surface area contributed by atoms with Crippen LogP contribution in [0.25, 0.3) is 0 Å². The van der Waals surface area contributed by atoms with E-state index in [2.05, 4.69) is 12.6 Å². The molecule has 0 N–H and O–H groups in total. The lowest BCUT2D eigenvalue weighted by atomic mass is 10.1. The van der Waals surface area contributed by atoms with Crippen molar-refractivity contribution in [1.82, 2.24) is 0 Å². The van der Waals surface area contributed by atoms with E-state index in [4.69, 9.17) is 16.9 Å². The van der Waals surface area contributed by atoms with E-state index >= 15 is 0 Å². The molecule has 0 aliphatic carbocycles. The molecule has 8 heavy (non-hydrogen) atoms. The summed E-state index contributed by atoms with van der Waals surface area (Å²) in [5.41, 5.74) is 0. The Morgan fingerprint density at radius 1 is 2.00 bits per heavy atom. The Kier molecular flexibility index (Phi) is 3.30. The first-order valence-corrected chi connectivity index (χ1v) is 2.77. The van der Waals surface area contributed by atoms with E-state index in [-0.39, 0.29) is 5.92 Å². The van der Waals surface area contributed by atoms with E-state index in [1.165, 1.54) is 0 Å². The Bertz CT molecular complexity index is 123. The minimum Gasteiger partial charge on any atom is -0.198 e. The Balaban J connectivity index is 3.43. The first kappa shape index (κ1) is 7.52. The lowest BCUT2D eigenvalue weighted by Gasteiger charge is -1.95. The van der Waals surface area contributed by atoms with Gasteiger partial charge in [0.2, 0.25) is 0 Å². The molecule has 0 rings (SSSR count). The van der Waals surface area contributed by atoms with Crippen LogP contribution < -0.4 is 0 Å². The number of rotatable bonds is 2. The standard InChI is InChI=1S/C6H8ClN/c1-5(4-8)3-6(2)7/h5H,2-3H2,1H3. The average molecular weight is 130 g/mol. The molecule has 0 amide bonds. The molecule has 0 spiro atoms. The molecule has 0 aromatic carbocycles. The highest BCUT2D eigenvalue weighted by Crippen LogP contribution is 2.10. The second-order valence-electron chi connectivity index (χ2n) is 1.75. The SMILES string of the molecule is C=C(Cl)CC(C)C#N. The topological polar surface area (TPSA) is 23.8 Å². The molecule has 0 aromatic heterocycles. The van der Waals surface area contributed by atoms with Crippen molar-refractivity contribution in [3.8, 4) is 6.07 Å². The van der Waals surface area contributed by atoms with E-state index in [0.29, 0.717) is 11.5 Å². The van der Waals surface area contributed by atoms with E-state index in [1.807, 2.05) is 6.92 Å². The van der Waals surface area contributed by atoms with Gasteiger partial charge >= 0.3 is 0 Å². The highest BCUT2D eigenvalue weighted by atomic mass is 35.5. The fourth-order valence-electron chi connectivity index (χ4n) is 0.378. The maximum absolute atomic E-state index is 8.23. The summed E-state index contributed by atoms with van der Waals surface area (Å²) in [6, 6.07) is 2.05. The maximum Gasteiger partial charge on any atom is 0.0656 e. The molecule has 0 saturated heterocycles. The van der Waals surface area contributed by atoms with Gasteiger partial charge in [0.1, 0.15) is 0 Å². The first-order chi connectivity index (χ1) is 3.66. The Labute approximate surface area is 54.6 Å². The van der Waals surface area contributed by atoms with Crippen molar-refractivity contribution in [3.63, 3.8) is 0 Å². The summed E-state index contributed by atoms with van der Waals surface area (Å²) in [6.45, 7) is 5.27. The molecule has 1 unspecified atom stereocenters. The third-order valence-corrected chi connectivity index (χ3v) is 0.902. The molecule has 1 atom stereocenters. The van der Waals surface area contributed by atoms with Gasteiger partial charge in [-0.15, -0.1) is 0 Å². The number of nitriles is 1. The van der Waals surface area contributed by atoms with Crippen molar-refractivity contribution in [2.45, 2.75) is 13.3 Å². The van der Waals surface area contributed by atoms with Gasteiger partial charge in [0.15, 0.2) is 0 Å². The Morgan fingerprint density at radius 3 is 2.62 bits per heavy atom. The zero-order chi connectivity index (χ0) is 6.57. The molecule has 0 aliphatic rings. The molecule has 0 aliphatic heterocycles. The average Bonchev–Trinajstić information content (AvgIpc) is 1.65. The van der Waals surface area contributed by atoms with Gasteiger partial charge in [-0.25, -0.2) is 0 Å². The highest BCUT2D eigenvalue weighted by Gasteiger charge is 1.98. The molecular formula is C6H8ClN. The van der Waals surface area contributed by atoms with Crippen molar-refractivity contribution >= 4 is 11.6 Å². The van der Waals surface area contributed by atoms with Gasteiger partial charge in [0.05, 0.1) is 6.07 Å². The summed E-state index contributed by atoms with van der Waals surface area (Å²) in [4.78, 5) is 0. The predicted molar refractivity (Wildman–Crippen MR) is 34.4 cm³/mol. The van der Waals surface area contributed by atoms with Crippen LogP contribution in [0.15, 0.2) is 11.6 Å². The summed E-state index contributed by atoms with van der Waals surface area (Å²) in [6.07, 6.45) is 0.595. The number of allylic oxidation sites excluding steroid dienone is 1. The largest absolute Gasteiger partial charge is 0.198 e. The minimum atomic E-state index is -0.000000000000000222. The van der Waals surface area contributed by atoms with E-state index in [0.717, 1.165) is 0 Å². The molecule has 0 fully saturated rings. The van der Waals surface area contributed by atoms with E-state index in [9.17, 15) is 0 Å². The number of nitrogens with zero attached hydrogens (tertiary/aromatic N) is 1. The summed E-state index contributed by atoms with van der Waals surface area (Å²) in [7, 11) is 0. The van der Waals surface area contributed by atoms with Crippen molar-refractivity contribution in [2.24, 2.45) is 5.92 Å².